The third-order valence-corrected chi connectivity index (χ3v) is 3.63. The van der Waals surface area contributed by atoms with Crippen molar-refractivity contribution in [3.05, 3.63) is 28.8 Å². The summed E-state index contributed by atoms with van der Waals surface area (Å²) in [5, 5.41) is 0.512. The first-order chi connectivity index (χ1) is 6.42. The van der Waals surface area contributed by atoms with Gasteiger partial charge >= 0.3 is 0 Å². The molecule has 0 saturated carbocycles. The Morgan fingerprint density at radius 3 is 2.57 bits per heavy atom. The van der Waals surface area contributed by atoms with Crippen LogP contribution in [0.25, 0.3) is 0 Å². The fraction of sp³-hybridized carbons (Fsp3) is 0.250. The Balaban J connectivity index is 3.11. The van der Waals surface area contributed by atoms with E-state index in [2.05, 4.69) is 0 Å². The third kappa shape index (κ3) is 3.69. The van der Waals surface area contributed by atoms with Crippen molar-refractivity contribution in [2.24, 2.45) is 0 Å². The van der Waals surface area contributed by atoms with Crippen LogP contribution in [0, 0.1) is 0 Å². The van der Waals surface area contributed by atoms with Gasteiger partial charge in [0.1, 0.15) is 0 Å². The molecule has 0 amide bonds. The minimum atomic E-state index is -3.53. The minimum Gasteiger partial charge on any atom is -0.212 e. The third-order valence-electron chi connectivity index (χ3n) is 1.57. The molecule has 0 aliphatic carbocycles. The molecular formula is C8H8Cl2O2S2. The lowest BCUT2D eigenvalue weighted by Gasteiger charge is -2.05. The zero-order valence-electron chi connectivity index (χ0n) is 7.33. The van der Waals surface area contributed by atoms with Gasteiger partial charge in [0.15, 0.2) is 0 Å². The average Bonchev–Trinajstić information content (AvgIpc) is 2.01. The molecule has 0 spiro atoms. The molecular weight excluding hydrogens is 263 g/mol. The maximum Gasteiger partial charge on any atom is 0.236 e. The molecule has 14 heavy (non-hydrogen) atoms. The van der Waals surface area contributed by atoms with E-state index in [1.165, 1.54) is 11.8 Å². The van der Waals surface area contributed by atoms with E-state index in [4.69, 9.17) is 22.3 Å². The van der Waals surface area contributed by atoms with E-state index in [-0.39, 0.29) is 5.75 Å². The Hall–Kier alpha value is 0.1000. The highest BCUT2D eigenvalue weighted by atomic mass is 35.7. The summed E-state index contributed by atoms with van der Waals surface area (Å²) in [5.74, 6) is -0.189. The zero-order chi connectivity index (χ0) is 10.8. The van der Waals surface area contributed by atoms with Crippen LogP contribution in [0.4, 0.5) is 0 Å². The van der Waals surface area contributed by atoms with E-state index in [1.54, 1.807) is 18.2 Å². The molecule has 0 heterocycles. The van der Waals surface area contributed by atoms with E-state index in [1.807, 2.05) is 6.26 Å². The van der Waals surface area contributed by atoms with Crippen molar-refractivity contribution in [3.63, 3.8) is 0 Å². The second-order valence-electron chi connectivity index (χ2n) is 2.64. The molecule has 1 aromatic rings. The first-order valence-corrected chi connectivity index (χ1v) is 7.75. The summed E-state index contributed by atoms with van der Waals surface area (Å²) in [4.78, 5) is 0.874. The fourth-order valence-electron chi connectivity index (χ4n) is 1.05. The lowest BCUT2D eigenvalue weighted by Crippen LogP contribution is -1.96. The van der Waals surface area contributed by atoms with Crippen molar-refractivity contribution < 1.29 is 8.42 Å². The lowest BCUT2D eigenvalue weighted by molar-refractivity contribution is 0.608. The van der Waals surface area contributed by atoms with Gasteiger partial charge in [-0.05, 0) is 30.0 Å². The Labute approximate surface area is 97.0 Å². The van der Waals surface area contributed by atoms with Gasteiger partial charge in [-0.3, -0.25) is 0 Å². The van der Waals surface area contributed by atoms with E-state index in [0.717, 1.165) is 4.90 Å². The Bertz CT molecular complexity index is 429. The summed E-state index contributed by atoms with van der Waals surface area (Å²) >= 11 is 7.22. The van der Waals surface area contributed by atoms with Gasteiger partial charge in [0, 0.05) is 20.6 Å². The van der Waals surface area contributed by atoms with Crippen molar-refractivity contribution in [3.8, 4) is 0 Å². The SMILES string of the molecule is CSc1ccc(Cl)cc1CS(=O)(=O)Cl. The second-order valence-corrected chi connectivity index (χ2v) is 6.70. The van der Waals surface area contributed by atoms with Crippen molar-refractivity contribution in [1.82, 2.24) is 0 Å². The topological polar surface area (TPSA) is 34.1 Å². The van der Waals surface area contributed by atoms with E-state index in [0.29, 0.717) is 10.6 Å². The van der Waals surface area contributed by atoms with E-state index < -0.39 is 9.05 Å². The molecule has 0 bridgehead atoms. The number of benzene rings is 1. The van der Waals surface area contributed by atoms with Crippen molar-refractivity contribution in [2.45, 2.75) is 10.6 Å². The van der Waals surface area contributed by atoms with Crippen LogP contribution >= 0.6 is 34.0 Å². The van der Waals surface area contributed by atoms with Crippen molar-refractivity contribution in [2.75, 3.05) is 6.26 Å². The van der Waals surface area contributed by atoms with Gasteiger partial charge in [0.25, 0.3) is 0 Å². The summed E-state index contributed by atoms with van der Waals surface area (Å²) < 4.78 is 21.8. The van der Waals surface area contributed by atoms with Gasteiger partial charge in [0.2, 0.25) is 9.05 Å². The first kappa shape index (κ1) is 12.2. The number of thioether (sulfide) groups is 1. The van der Waals surface area contributed by atoms with Gasteiger partial charge in [-0.25, -0.2) is 8.42 Å². The number of hydrogen-bond donors (Lipinski definition) is 0. The molecule has 0 N–H and O–H groups in total. The highest BCUT2D eigenvalue weighted by Gasteiger charge is 2.11. The van der Waals surface area contributed by atoms with Crippen LogP contribution in [0.2, 0.25) is 5.02 Å². The summed E-state index contributed by atoms with van der Waals surface area (Å²) in [6.45, 7) is 0. The Kier molecular flexibility index (Phi) is 4.13. The lowest BCUT2D eigenvalue weighted by atomic mass is 10.2. The standard InChI is InChI=1S/C8H8Cl2O2S2/c1-13-8-3-2-7(9)4-6(8)5-14(10,11)12/h2-4H,5H2,1H3. The van der Waals surface area contributed by atoms with Crippen molar-refractivity contribution in [1.29, 1.82) is 0 Å². The van der Waals surface area contributed by atoms with Crippen LogP contribution in [-0.4, -0.2) is 14.7 Å². The maximum absolute atomic E-state index is 10.9. The van der Waals surface area contributed by atoms with Gasteiger partial charge in [0.05, 0.1) is 5.75 Å². The van der Waals surface area contributed by atoms with Crippen LogP contribution in [-0.2, 0) is 14.8 Å². The van der Waals surface area contributed by atoms with Gasteiger partial charge in [-0.15, -0.1) is 11.8 Å². The quantitative estimate of drug-likeness (QED) is 0.625. The number of rotatable bonds is 3. The number of hydrogen-bond acceptors (Lipinski definition) is 3. The number of halogens is 2. The van der Waals surface area contributed by atoms with Gasteiger partial charge < -0.3 is 0 Å². The Morgan fingerprint density at radius 1 is 1.43 bits per heavy atom. The highest BCUT2D eigenvalue weighted by Crippen LogP contribution is 2.26. The van der Waals surface area contributed by atoms with Crippen LogP contribution in [0.3, 0.4) is 0 Å². The molecule has 0 radical (unpaired) electrons. The molecule has 0 saturated heterocycles. The molecule has 1 rings (SSSR count). The zero-order valence-corrected chi connectivity index (χ0v) is 10.5. The normalized spacial score (nSPS) is 11.6. The van der Waals surface area contributed by atoms with Crippen LogP contribution in [0.5, 0.6) is 0 Å². The molecule has 0 fully saturated rings. The minimum absolute atomic E-state index is 0.189. The van der Waals surface area contributed by atoms with Crippen molar-refractivity contribution >= 4 is 43.1 Å². The van der Waals surface area contributed by atoms with E-state index >= 15 is 0 Å². The summed E-state index contributed by atoms with van der Waals surface area (Å²) in [6, 6.07) is 5.12. The van der Waals surface area contributed by atoms with E-state index in [9.17, 15) is 8.42 Å². The maximum atomic E-state index is 10.9. The molecule has 0 aromatic heterocycles. The van der Waals surface area contributed by atoms with Gasteiger partial charge in [-0.2, -0.15) is 0 Å². The molecule has 0 unspecified atom stereocenters. The van der Waals surface area contributed by atoms with Crippen LogP contribution < -0.4 is 0 Å². The second kappa shape index (κ2) is 4.75. The van der Waals surface area contributed by atoms with Gasteiger partial charge in [-0.1, -0.05) is 11.6 Å². The Morgan fingerprint density at radius 2 is 2.07 bits per heavy atom. The first-order valence-electron chi connectivity index (χ1n) is 3.67. The molecule has 0 atom stereocenters. The smallest absolute Gasteiger partial charge is 0.212 e. The summed E-state index contributed by atoms with van der Waals surface area (Å²) in [6.07, 6.45) is 1.87. The fourth-order valence-corrected chi connectivity index (χ4v) is 2.89. The summed E-state index contributed by atoms with van der Waals surface area (Å²) in [5.41, 5.74) is 0.639. The average molecular weight is 271 g/mol. The largest absolute Gasteiger partial charge is 0.236 e. The predicted octanol–water partition coefficient (Wildman–Crippen LogP) is 3.13. The predicted molar refractivity (Wildman–Crippen MR) is 61.7 cm³/mol. The molecule has 2 nitrogen and oxygen atoms in total. The molecule has 78 valence electrons. The molecule has 6 heteroatoms. The molecule has 0 aliphatic rings. The monoisotopic (exact) mass is 270 g/mol. The molecule has 0 aliphatic heterocycles. The molecule has 1 aromatic carbocycles. The summed E-state index contributed by atoms with van der Waals surface area (Å²) in [7, 11) is 1.64. The van der Waals surface area contributed by atoms with Crippen LogP contribution in [0.15, 0.2) is 23.1 Å². The van der Waals surface area contributed by atoms with Crippen LogP contribution in [0.1, 0.15) is 5.56 Å². The highest BCUT2D eigenvalue weighted by molar-refractivity contribution is 8.13.